The van der Waals surface area contributed by atoms with Crippen molar-refractivity contribution < 1.29 is 18.0 Å². The van der Waals surface area contributed by atoms with Crippen LogP contribution in [0.4, 0.5) is 18.9 Å². The summed E-state index contributed by atoms with van der Waals surface area (Å²) < 4.78 is 37.2. The van der Waals surface area contributed by atoms with Gasteiger partial charge in [0.1, 0.15) is 6.04 Å². The molecule has 2 rings (SSSR count). The van der Waals surface area contributed by atoms with Gasteiger partial charge in [0.15, 0.2) is 0 Å². The fraction of sp³-hybridized carbons (Fsp3) is 0.154. The summed E-state index contributed by atoms with van der Waals surface area (Å²) >= 11 is 1.34. The van der Waals surface area contributed by atoms with E-state index < -0.39 is 23.7 Å². The summed E-state index contributed by atoms with van der Waals surface area (Å²) in [4.78, 5) is 12.5. The molecule has 1 amide bonds. The van der Waals surface area contributed by atoms with Gasteiger partial charge in [0.2, 0.25) is 5.91 Å². The van der Waals surface area contributed by atoms with E-state index in [0.717, 1.165) is 12.1 Å². The van der Waals surface area contributed by atoms with Gasteiger partial charge >= 0.3 is 6.18 Å². The van der Waals surface area contributed by atoms with Crippen LogP contribution in [0.1, 0.15) is 16.5 Å². The first kappa shape index (κ1) is 14.5. The molecule has 1 aromatic heterocycles. The molecule has 20 heavy (non-hydrogen) atoms. The molecule has 1 aromatic carbocycles. The normalized spacial score (nSPS) is 13.0. The number of nitrogens with one attached hydrogen (secondary N) is 1. The third-order valence-corrected chi connectivity index (χ3v) is 3.57. The van der Waals surface area contributed by atoms with Crippen LogP contribution in [0.15, 0.2) is 41.8 Å². The monoisotopic (exact) mass is 300 g/mol. The number of carbonyl (C=O) groups is 1. The summed E-state index contributed by atoms with van der Waals surface area (Å²) in [5.41, 5.74) is 5.26. The minimum Gasteiger partial charge on any atom is -0.324 e. The number of thiophene rings is 1. The van der Waals surface area contributed by atoms with Crippen molar-refractivity contribution in [3.8, 4) is 0 Å². The number of hydrogen-bond donors (Lipinski definition) is 2. The zero-order valence-corrected chi connectivity index (χ0v) is 11.0. The maximum absolute atomic E-state index is 12.4. The maximum atomic E-state index is 12.4. The summed E-state index contributed by atoms with van der Waals surface area (Å²) in [7, 11) is 0. The second-order valence-electron chi connectivity index (χ2n) is 4.06. The van der Waals surface area contributed by atoms with Crippen LogP contribution >= 0.6 is 11.3 Å². The Morgan fingerprint density at radius 2 is 1.85 bits per heavy atom. The van der Waals surface area contributed by atoms with E-state index >= 15 is 0 Å². The van der Waals surface area contributed by atoms with E-state index in [0.29, 0.717) is 4.88 Å². The zero-order chi connectivity index (χ0) is 14.8. The number of benzene rings is 1. The first-order valence-electron chi connectivity index (χ1n) is 5.65. The van der Waals surface area contributed by atoms with Gasteiger partial charge in [0, 0.05) is 10.6 Å². The number of halogens is 3. The van der Waals surface area contributed by atoms with Crippen molar-refractivity contribution in [2.24, 2.45) is 5.73 Å². The van der Waals surface area contributed by atoms with E-state index in [1.807, 2.05) is 0 Å². The van der Waals surface area contributed by atoms with Crippen molar-refractivity contribution in [1.82, 2.24) is 0 Å². The van der Waals surface area contributed by atoms with Crippen LogP contribution in [-0.4, -0.2) is 5.91 Å². The Kier molecular flexibility index (Phi) is 4.10. The van der Waals surface area contributed by atoms with Crippen LogP contribution < -0.4 is 11.1 Å². The quantitative estimate of drug-likeness (QED) is 0.912. The molecular formula is C13H11F3N2OS. The van der Waals surface area contributed by atoms with Gasteiger partial charge in [-0.15, -0.1) is 11.3 Å². The highest BCUT2D eigenvalue weighted by Crippen LogP contribution is 2.30. The van der Waals surface area contributed by atoms with Crippen LogP contribution in [0, 0.1) is 0 Å². The molecular weight excluding hydrogens is 289 g/mol. The van der Waals surface area contributed by atoms with Gasteiger partial charge in [-0.1, -0.05) is 6.07 Å². The Labute approximate surface area is 117 Å². The summed E-state index contributed by atoms with van der Waals surface area (Å²) in [6, 6.07) is 6.87. The molecule has 0 radical (unpaired) electrons. The van der Waals surface area contributed by atoms with Crippen LogP contribution in [0.5, 0.6) is 0 Å². The number of carbonyl (C=O) groups excluding carboxylic acids is 1. The maximum Gasteiger partial charge on any atom is 0.416 e. The van der Waals surface area contributed by atoms with Crippen molar-refractivity contribution in [2.75, 3.05) is 5.32 Å². The molecule has 106 valence electrons. The molecule has 0 fully saturated rings. The summed E-state index contributed by atoms with van der Waals surface area (Å²) in [5.74, 6) is -0.466. The Hall–Kier alpha value is -1.86. The second-order valence-corrected chi connectivity index (χ2v) is 5.04. The molecule has 0 saturated carbocycles. The van der Waals surface area contributed by atoms with E-state index in [1.165, 1.54) is 23.5 Å². The van der Waals surface area contributed by atoms with Crippen LogP contribution in [0.3, 0.4) is 0 Å². The zero-order valence-electron chi connectivity index (χ0n) is 10.1. The second kappa shape index (κ2) is 5.64. The largest absolute Gasteiger partial charge is 0.416 e. The molecule has 0 aliphatic carbocycles. The lowest BCUT2D eigenvalue weighted by Crippen LogP contribution is -2.27. The third-order valence-electron chi connectivity index (χ3n) is 2.61. The average Bonchev–Trinajstić information content (AvgIpc) is 2.91. The van der Waals surface area contributed by atoms with Crippen LogP contribution in [0.25, 0.3) is 0 Å². The van der Waals surface area contributed by atoms with Gasteiger partial charge in [-0.3, -0.25) is 4.79 Å². The van der Waals surface area contributed by atoms with Crippen molar-refractivity contribution >= 4 is 22.9 Å². The highest BCUT2D eigenvalue weighted by atomic mass is 32.1. The van der Waals surface area contributed by atoms with Crippen molar-refractivity contribution in [3.63, 3.8) is 0 Å². The molecule has 0 spiro atoms. The van der Waals surface area contributed by atoms with E-state index in [4.69, 9.17) is 5.73 Å². The number of hydrogen-bond acceptors (Lipinski definition) is 3. The SMILES string of the molecule is NC(C(=O)Nc1ccc(C(F)(F)F)cc1)c1cccs1. The van der Waals surface area contributed by atoms with E-state index in [9.17, 15) is 18.0 Å². The van der Waals surface area contributed by atoms with E-state index in [2.05, 4.69) is 5.32 Å². The van der Waals surface area contributed by atoms with Crippen LogP contribution in [0.2, 0.25) is 0 Å². The molecule has 0 aliphatic heterocycles. The van der Waals surface area contributed by atoms with Gasteiger partial charge in [-0.05, 0) is 35.7 Å². The van der Waals surface area contributed by atoms with Gasteiger partial charge in [0.25, 0.3) is 0 Å². The number of nitrogens with two attached hydrogens (primary N) is 1. The summed E-state index contributed by atoms with van der Waals surface area (Å²) in [6.07, 6.45) is -4.39. The molecule has 1 unspecified atom stereocenters. The van der Waals surface area contributed by atoms with Crippen molar-refractivity contribution in [3.05, 3.63) is 52.2 Å². The molecule has 7 heteroatoms. The highest BCUT2D eigenvalue weighted by Gasteiger charge is 2.30. The van der Waals surface area contributed by atoms with Gasteiger partial charge in [-0.2, -0.15) is 13.2 Å². The molecule has 0 aliphatic rings. The molecule has 0 saturated heterocycles. The standard InChI is InChI=1S/C13H11F3N2OS/c14-13(15,16)8-3-5-9(6-4-8)18-12(19)11(17)10-2-1-7-20-10/h1-7,11H,17H2,(H,18,19). The lowest BCUT2D eigenvalue weighted by atomic mass is 10.2. The van der Waals surface area contributed by atoms with Gasteiger partial charge in [-0.25, -0.2) is 0 Å². The van der Waals surface area contributed by atoms with E-state index in [-0.39, 0.29) is 5.69 Å². The first-order chi connectivity index (χ1) is 9.38. The lowest BCUT2D eigenvalue weighted by molar-refractivity contribution is -0.137. The number of rotatable bonds is 3. The summed E-state index contributed by atoms with van der Waals surface area (Å²) in [6.45, 7) is 0. The molecule has 1 heterocycles. The number of amides is 1. The predicted octanol–water partition coefficient (Wildman–Crippen LogP) is 3.41. The van der Waals surface area contributed by atoms with Crippen molar-refractivity contribution in [2.45, 2.75) is 12.2 Å². The Bertz CT molecular complexity index is 579. The first-order valence-corrected chi connectivity index (χ1v) is 6.53. The Balaban J connectivity index is 2.05. The van der Waals surface area contributed by atoms with Crippen molar-refractivity contribution in [1.29, 1.82) is 0 Å². The molecule has 3 N–H and O–H groups in total. The highest BCUT2D eigenvalue weighted by molar-refractivity contribution is 7.10. The molecule has 1 atom stereocenters. The van der Waals surface area contributed by atoms with Gasteiger partial charge in [0.05, 0.1) is 5.56 Å². The smallest absolute Gasteiger partial charge is 0.324 e. The minimum absolute atomic E-state index is 0.273. The van der Waals surface area contributed by atoms with E-state index in [1.54, 1.807) is 17.5 Å². The average molecular weight is 300 g/mol. The minimum atomic E-state index is -4.39. The Morgan fingerprint density at radius 1 is 1.20 bits per heavy atom. The molecule has 2 aromatic rings. The Morgan fingerprint density at radius 3 is 2.35 bits per heavy atom. The number of alkyl halides is 3. The fourth-order valence-corrected chi connectivity index (χ4v) is 2.29. The fourth-order valence-electron chi connectivity index (χ4n) is 1.56. The summed E-state index contributed by atoms with van der Waals surface area (Å²) in [5, 5.41) is 4.28. The molecule has 3 nitrogen and oxygen atoms in total. The lowest BCUT2D eigenvalue weighted by Gasteiger charge is -2.12. The third kappa shape index (κ3) is 3.37. The van der Waals surface area contributed by atoms with Crippen LogP contribution in [-0.2, 0) is 11.0 Å². The number of anilines is 1. The molecule has 0 bridgehead atoms. The predicted molar refractivity (Wildman–Crippen MR) is 71.3 cm³/mol. The topological polar surface area (TPSA) is 55.1 Å². The van der Waals surface area contributed by atoms with Gasteiger partial charge < -0.3 is 11.1 Å².